The van der Waals surface area contributed by atoms with Gasteiger partial charge in [-0.15, -0.1) is 24.8 Å². The Kier molecular flexibility index (Phi) is 11.9. The third-order valence-corrected chi connectivity index (χ3v) is 4.09. The minimum Gasteiger partial charge on any atom is -0.480 e. The van der Waals surface area contributed by atoms with Gasteiger partial charge in [0, 0.05) is 13.1 Å². The van der Waals surface area contributed by atoms with Crippen LogP contribution in [0.25, 0.3) is 0 Å². The van der Waals surface area contributed by atoms with E-state index >= 15 is 0 Å². The summed E-state index contributed by atoms with van der Waals surface area (Å²) in [6.45, 7) is 2.19. The number of rotatable bonds is 7. The average molecular weight is 388 g/mol. The van der Waals surface area contributed by atoms with E-state index in [1.165, 1.54) is 4.90 Å². The number of aliphatic carboxylic acids is 1. The minimum atomic E-state index is -1.52. The SMILES string of the molecule is CCC[C@H](N)C(=O)N1C[C@@H](CCB(O)O)C[C@](N)(C(=O)O)C1.Cl.Cl. The Labute approximate surface area is 154 Å². The van der Waals surface area contributed by atoms with Gasteiger partial charge in [0.05, 0.1) is 6.04 Å². The third-order valence-electron chi connectivity index (χ3n) is 4.09. The second-order valence-corrected chi connectivity index (χ2v) is 6.20. The van der Waals surface area contributed by atoms with Gasteiger partial charge in [-0.3, -0.25) is 9.59 Å². The fourth-order valence-electron chi connectivity index (χ4n) is 2.93. The van der Waals surface area contributed by atoms with Gasteiger partial charge in [-0.2, -0.15) is 0 Å². The van der Waals surface area contributed by atoms with Gasteiger partial charge in [0.2, 0.25) is 5.91 Å². The van der Waals surface area contributed by atoms with Crippen molar-refractivity contribution in [2.45, 2.75) is 50.5 Å². The summed E-state index contributed by atoms with van der Waals surface area (Å²) in [6.07, 6.45) is 1.98. The highest BCUT2D eigenvalue weighted by molar-refractivity contribution is 6.40. The van der Waals surface area contributed by atoms with Gasteiger partial charge in [-0.05, 0) is 25.1 Å². The molecule has 1 amide bonds. The Bertz CT molecular complexity index is 419. The lowest BCUT2D eigenvalue weighted by atomic mass is 9.75. The summed E-state index contributed by atoms with van der Waals surface area (Å²) < 4.78 is 0. The fourth-order valence-corrected chi connectivity index (χ4v) is 2.93. The van der Waals surface area contributed by atoms with Crippen LogP contribution >= 0.6 is 24.8 Å². The largest absolute Gasteiger partial charge is 0.480 e. The Morgan fingerprint density at radius 3 is 2.42 bits per heavy atom. The van der Waals surface area contributed by atoms with Gasteiger partial charge in [-0.25, -0.2) is 0 Å². The van der Waals surface area contributed by atoms with E-state index in [9.17, 15) is 14.7 Å². The Hall–Kier alpha value is -0.575. The zero-order valence-electron chi connectivity index (χ0n) is 13.8. The van der Waals surface area contributed by atoms with Crippen molar-refractivity contribution in [3.63, 3.8) is 0 Å². The molecule has 8 nitrogen and oxygen atoms in total. The summed E-state index contributed by atoms with van der Waals surface area (Å²) >= 11 is 0. The molecule has 24 heavy (non-hydrogen) atoms. The Morgan fingerprint density at radius 2 is 1.96 bits per heavy atom. The molecule has 1 heterocycles. The fraction of sp³-hybridized carbons (Fsp3) is 0.846. The van der Waals surface area contributed by atoms with Crippen LogP contribution in [0.5, 0.6) is 0 Å². The van der Waals surface area contributed by atoms with E-state index in [4.69, 9.17) is 21.5 Å². The number of halogens is 2. The second-order valence-electron chi connectivity index (χ2n) is 6.20. The number of nitrogens with zero attached hydrogens (tertiary/aromatic N) is 1. The van der Waals surface area contributed by atoms with E-state index in [0.717, 1.165) is 6.42 Å². The number of likely N-dealkylation sites (tertiary alicyclic amines) is 1. The van der Waals surface area contributed by atoms with Gasteiger partial charge in [-0.1, -0.05) is 19.8 Å². The van der Waals surface area contributed by atoms with E-state index in [1.54, 1.807) is 0 Å². The van der Waals surface area contributed by atoms with E-state index in [-0.39, 0.29) is 55.9 Å². The molecule has 0 aromatic rings. The van der Waals surface area contributed by atoms with Crippen LogP contribution in [0.1, 0.15) is 32.6 Å². The van der Waals surface area contributed by atoms with Gasteiger partial charge in [0.15, 0.2) is 0 Å². The quantitative estimate of drug-likeness (QED) is 0.367. The molecule has 1 aliphatic heterocycles. The van der Waals surface area contributed by atoms with Crippen molar-refractivity contribution in [2.75, 3.05) is 13.1 Å². The molecule has 0 radical (unpaired) electrons. The number of amides is 1. The third kappa shape index (κ3) is 7.12. The summed E-state index contributed by atoms with van der Waals surface area (Å²) in [5.41, 5.74) is 10.3. The van der Waals surface area contributed by atoms with Crippen LogP contribution in [0.15, 0.2) is 0 Å². The number of hydrogen-bond acceptors (Lipinski definition) is 6. The first-order valence-corrected chi connectivity index (χ1v) is 7.62. The molecule has 0 spiro atoms. The van der Waals surface area contributed by atoms with Crippen molar-refractivity contribution in [2.24, 2.45) is 17.4 Å². The first kappa shape index (κ1) is 25.7. The average Bonchev–Trinajstić information content (AvgIpc) is 2.44. The zero-order valence-corrected chi connectivity index (χ0v) is 15.4. The molecule has 0 aliphatic carbocycles. The summed E-state index contributed by atoms with van der Waals surface area (Å²) in [4.78, 5) is 25.2. The highest BCUT2D eigenvalue weighted by atomic mass is 35.5. The minimum absolute atomic E-state index is 0. The summed E-state index contributed by atoms with van der Waals surface area (Å²) in [6, 6.07) is -0.662. The van der Waals surface area contributed by atoms with Crippen molar-refractivity contribution < 1.29 is 24.7 Å². The molecule has 0 bridgehead atoms. The Morgan fingerprint density at radius 1 is 1.38 bits per heavy atom. The van der Waals surface area contributed by atoms with E-state index in [1.807, 2.05) is 6.92 Å². The van der Waals surface area contributed by atoms with Crippen LogP contribution in [0.2, 0.25) is 6.32 Å². The van der Waals surface area contributed by atoms with Crippen LogP contribution in [0, 0.1) is 5.92 Å². The first-order chi connectivity index (χ1) is 10.2. The van der Waals surface area contributed by atoms with Gasteiger partial charge >= 0.3 is 13.1 Å². The number of carboxylic acids is 1. The highest BCUT2D eigenvalue weighted by Gasteiger charge is 2.44. The molecule has 1 rings (SSSR count). The van der Waals surface area contributed by atoms with Gasteiger partial charge in [0.25, 0.3) is 0 Å². The van der Waals surface area contributed by atoms with Crippen molar-refractivity contribution in [1.29, 1.82) is 0 Å². The van der Waals surface area contributed by atoms with Crippen molar-refractivity contribution in [3.05, 3.63) is 0 Å². The van der Waals surface area contributed by atoms with Crippen molar-refractivity contribution in [1.82, 2.24) is 4.90 Å². The maximum atomic E-state index is 12.3. The van der Waals surface area contributed by atoms with Gasteiger partial charge in [0.1, 0.15) is 5.54 Å². The van der Waals surface area contributed by atoms with Gasteiger partial charge < -0.3 is 31.5 Å². The maximum Gasteiger partial charge on any atom is 0.451 e. The molecule has 0 saturated carbocycles. The number of carbonyl (C=O) groups excluding carboxylic acids is 1. The molecule has 1 aliphatic rings. The van der Waals surface area contributed by atoms with Crippen LogP contribution in [0.4, 0.5) is 0 Å². The highest BCUT2D eigenvalue weighted by Crippen LogP contribution is 2.28. The van der Waals surface area contributed by atoms with Crippen LogP contribution in [0.3, 0.4) is 0 Å². The summed E-state index contributed by atoms with van der Waals surface area (Å²) in [5.74, 6) is -1.66. The molecular weight excluding hydrogens is 360 g/mol. The number of piperidine rings is 1. The van der Waals surface area contributed by atoms with Crippen LogP contribution < -0.4 is 11.5 Å². The molecule has 1 fully saturated rings. The number of nitrogens with two attached hydrogens (primary N) is 2. The summed E-state index contributed by atoms with van der Waals surface area (Å²) in [5, 5.41) is 27.3. The number of hydrogen-bond donors (Lipinski definition) is 5. The number of carboxylic acid groups (broad SMARTS) is 1. The molecule has 7 N–H and O–H groups in total. The molecular formula is C13H28BCl2N3O5. The van der Waals surface area contributed by atoms with Crippen molar-refractivity contribution >= 4 is 43.8 Å². The predicted octanol–water partition coefficient (Wildman–Crippen LogP) is -0.549. The van der Waals surface area contributed by atoms with Crippen LogP contribution in [-0.4, -0.2) is 63.7 Å². The lowest BCUT2D eigenvalue weighted by Crippen LogP contribution is -2.64. The van der Waals surface area contributed by atoms with Crippen molar-refractivity contribution in [3.8, 4) is 0 Å². The molecule has 0 aromatic carbocycles. The maximum absolute atomic E-state index is 12.3. The summed E-state index contributed by atoms with van der Waals surface area (Å²) in [7, 11) is -1.45. The molecule has 0 aromatic heterocycles. The molecule has 1 saturated heterocycles. The molecule has 0 unspecified atom stereocenters. The first-order valence-electron chi connectivity index (χ1n) is 7.62. The lowest BCUT2D eigenvalue weighted by Gasteiger charge is -2.42. The molecule has 11 heteroatoms. The molecule has 3 atom stereocenters. The Balaban J connectivity index is 0. The monoisotopic (exact) mass is 387 g/mol. The van der Waals surface area contributed by atoms with Crippen LogP contribution in [-0.2, 0) is 9.59 Å². The smallest absolute Gasteiger partial charge is 0.451 e. The lowest BCUT2D eigenvalue weighted by molar-refractivity contribution is -0.149. The normalized spacial score (nSPS) is 24.4. The predicted molar refractivity (Wildman–Crippen MR) is 96.2 cm³/mol. The van der Waals surface area contributed by atoms with E-state index in [0.29, 0.717) is 19.4 Å². The molecule has 142 valence electrons. The second kappa shape index (κ2) is 11.1. The topological polar surface area (TPSA) is 150 Å². The standard InChI is InChI=1S/C13H26BN3O5.2ClH/c1-2-3-10(15)11(18)17-7-9(4-5-14(21)22)6-13(16,8-17)12(19)20;;/h9-10,21-22H,2-8,15-16H2,1H3,(H,19,20);2*1H/t9-,10-,13+;;/m0../s1. The van der Waals surface area contributed by atoms with E-state index < -0.39 is 24.7 Å². The number of carbonyl (C=O) groups is 2. The zero-order chi connectivity index (χ0) is 16.9. The van der Waals surface area contributed by atoms with E-state index in [2.05, 4.69) is 0 Å².